The van der Waals surface area contributed by atoms with E-state index in [2.05, 4.69) is 20.7 Å². The van der Waals surface area contributed by atoms with Crippen molar-refractivity contribution in [2.75, 3.05) is 18.8 Å². The van der Waals surface area contributed by atoms with E-state index in [-0.39, 0.29) is 15.1 Å². The van der Waals surface area contributed by atoms with E-state index in [9.17, 15) is 25.6 Å². The summed E-state index contributed by atoms with van der Waals surface area (Å²) in [6.45, 7) is 0. The number of sulfonamides is 2. The van der Waals surface area contributed by atoms with Gasteiger partial charge >= 0.3 is 0 Å². The zero-order valence-corrected chi connectivity index (χ0v) is 16.2. The number of rotatable bonds is 5. The van der Waals surface area contributed by atoms with Crippen molar-refractivity contribution in [1.29, 1.82) is 0 Å². The van der Waals surface area contributed by atoms with Crippen molar-refractivity contribution >= 4 is 41.7 Å². The van der Waals surface area contributed by atoms with E-state index in [1.54, 1.807) is 0 Å². The molecule has 0 atom stereocenters. The molecule has 0 aromatic heterocycles. The maximum atomic E-state index is 13.8. The van der Waals surface area contributed by atoms with Crippen LogP contribution in [0.4, 0.5) is 14.5 Å². The van der Waals surface area contributed by atoms with Crippen molar-refractivity contribution in [3.8, 4) is 0 Å². The molecule has 0 unspecified atom stereocenters. The minimum atomic E-state index is -4.35. The molecule has 2 aromatic rings. The highest BCUT2D eigenvalue weighted by Crippen LogP contribution is 2.28. The highest BCUT2D eigenvalue weighted by molar-refractivity contribution is 9.10. The SMILES string of the molecule is CN(C)S(=O)(=O)c1ccc(NS(=O)(=O)c2c(F)cc(F)cc2Br)cc1. The van der Waals surface area contributed by atoms with Gasteiger partial charge in [0.2, 0.25) is 10.0 Å². The Balaban J connectivity index is 2.37. The third kappa shape index (κ3) is 4.17. The number of hydrogen-bond acceptors (Lipinski definition) is 4. The summed E-state index contributed by atoms with van der Waals surface area (Å²) in [5.74, 6) is -2.19. The van der Waals surface area contributed by atoms with Gasteiger partial charge in [-0.05, 0) is 46.3 Å². The Bertz CT molecular complexity index is 985. The van der Waals surface area contributed by atoms with Crippen molar-refractivity contribution in [2.24, 2.45) is 0 Å². The lowest BCUT2D eigenvalue weighted by atomic mass is 10.3. The Labute approximate surface area is 152 Å². The normalized spacial score (nSPS) is 12.4. The number of nitrogens with one attached hydrogen (secondary N) is 1. The average Bonchev–Trinajstić information content (AvgIpc) is 2.45. The summed E-state index contributed by atoms with van der Waals surface area (Å²) in [7, 11) is -5.29. The lowest BCUT2D eigenvalue weighted by molar-refractivity contribution is 0.520. The van der Waals surface area contributed by atoms with E-state index in [1.165, 1.54) is 38.4 Å². The van der Waals surface area contributed by atoms with Gasteiger partial charge in [-0.2, -0.15) is 0 Å². The van der Waals surface area contributed by atoms with Crippen LogP contribution in [-0.2, 0) is 20.0 Å². The van der Waals surface area contributed by atoms with Gasteiger partial charge in [-0.15, -0.1) is 0 Å². The molecule has 2 aromatic carbocycles. The van der Waals surface area contributed by atoms with Crippen LogP contribution in [0.25, 0.3) is 0 Å². The highest BCUT2D eigenvalue weighted by atomic mass is 79.9. The molecular weight excluding hydrogens is 442 g/mol. The second kappa shape index (κ2) is 6.98. The molecule has 2 rings (SSSR count). The fourth-order valence-corrected chi connectivity index (χ4v) is 5.03. The molecule has 0 amide bonds. The first-order valence-electron chi connectivity index (χ1n) is 6.65. The maximum absolute atomic E-state index is 13.8. The summed E-state index contributed by atoms with van der Waals surface area (Å²) in [5, 5.41) is 0. The summed E-state index contributed by atoms with van der Waals surface area (Å²) in [4.78, 5) is -0.784. The minimum absolute atomic E-state index is 0.0216. The molecule has 0 aliphatic carbocycles. The molecule has 0 fully saturated rings. The molecule has 0 heterocycles. The summed E-state index contributed by atoms with van der Waals surface area (Å²) < 4.78 is 78.4. The predicted octanol–water partition coefficient (Wildman–Crippen LogP) is 2.78. The van der Waals surface area contributed by atoms with Gasteiger partial charge in [0.25, 0.3) is 10.0 Å². The van der Waals surface area contributed by atoms with Gasteiger partial charge in [-0.1, -0.05) is 0 Å². The molecule has 0 spiro atoms. The smallest absolute Gasteiger partial charge is 0.265 e. The van der Waals surface area contributed by atoms with Crippen LogP contribution < -0.4 is 4.72 Å². The van der Waals surface area contributed by atoms with Gasteiger partial charge in [0.05, 0.1) is 4.90 Å². The Kier molecular flexibility index (Phi) is 5.52. The first-order valence-corrected chi connectivity index (χ1v) is 10.4. The summed E-state index contributed by atoms with van der Waals surface area (Å²) in [6, 6.07) is 6.15. The summed E-state index contributed by atoms with van der Waals surface area (Å²) >= 11 is 2.82. The predicted molar refractivity (Wildman–Crippen MR) is 92.2 cm³/mol. The number of nitrogens with zero attached hydrogens (tertiary/aromatic N) is 1. The van der Waals surface area contributed by atoms with Gasteiger partial charge in [0.1, 0.15) is 16.5 Å². The van der Waals surface area contributed by atoms with Gasteiger partial charge in [-0.25, -0.2) is 29.9 Å². The fraction of sp³-hybridized carbons (Fsp3) is 0.143. The molecular formula is C14H13BrF2N2O4S2. The molecule has 1 N–H and O–H groups in total. The van der Waals surface area contributed by atoms with Crippen LogP contribution in [0.15, 0.2) is 50.7 Å². The van der Waals surface area contributed by atoms with Gasteiger partial charge in [-0.3, -0.25) is 4.72 Å². The third-order valence-corrected chi connectivity index (χ3v) is 7.29. The molecule has 0 aliphatic rings. The average molecular weight is 455 g/mol. The van der Waals surface area contributed by atoms with Crippen LogP contribution in [0.2, 0.25) is 0 Å². The molecule has 0 saturated heterocycles. The van der Waals surface area contributed by atoms with Crippen molar-refractivity contribution in [1.82, 2.24) is 4.31 Å². The quantitative estimate of drug-likeness (QED) is 0.752. The van der Waals surface area contributed by atoms with Gasteiger partial charge in [0.15, 0.2) is 0 Å². The Morgan fingerprint density at radius 2 is 1.56 bits per heavy atom. The van der Waals surface area contributed by atoms with E-state index < -0.39 is 36.6 Å². The van der Waals surface area contributed by atoms with E-state index in [4.69, 9.17) is 0 Å². The largest absolute Gasteiger partial charge is 0.280 e. The zero-order chi connectivity index (χ0) is 19.0. The molecule has 0 radical (unpaired) electrons. The van der Waals surface area contributed by atoms with Crippen molar-refractivity contribution < 1.29 is 25.6 Å². The van der Waals surface area contributed by atoms with E-state index in [0.717, 1.165) is 10.4 Å². The van der Waals surface area contributed by atoms with Crippen molar-refractivity contribution in [3.05, 3.63) is 52.5 Å². The van der Waals surface area contributed by atoms with Gasteiger partial charge < -0.3 is 0 Å². The summed E-state index contributed by atoms with van der Waals surface area (Å²) in [5.41, 5.74) is 0.0216. The van der Waals surface area contributed by atoms with E-state index >= 15 is 0 Å². The lowest BCUT2D eigenvalue weighted by Crippen LogP contribution is -2.22. The maximum Gasteiger partial charge on any atom is 0.265 e. The molecule has 0 saturated carbocycles. The standard InChI is InChI=1S/C14H13BrF2N2O4S2/c1-19(2)25(22,23)11-5-3-10(4-6-11)18-24(20,21)14-12(15)7-9(16)8-13(14)17/h3-8,18H,1-2H3. The zero-order valence-electron chi connectivity index (χ0n) is 13.0. The van der Waals surface area contributed by atoms with Crippen LogP contribution >= 0.6 is 15.9 Å². The number of benzene rings is 2. The summed E-state index contributed by atoms with van der Waals surface area (Å²) in [6.07, 6.45) is 0. The number of hydrogen-bond donors (Lipinski definition) is 1. The lowest BCUT2D eigenvalue weighted by Gasteiger charge is -2.13. The first kappa shape index (κ1) is 19.8. The van der Waals surface area contributed by atoms with Crippen LogP contribution in [-0.4, -0.2) is 35.2 Å². The molecule has 25 heavy (non-hydrogen) atoms. The van der Waals surface area contributed by atoms with Crippen LogP contribution in [0, 0.1) is 11.6 Å². The first-order chi connectivity index (χ1) is 11.4. The topological polar surface area (TPSA) is 83.6 Å². The number of halogens is 3. The fourth-order valence-electron chi connectivity index (χ4n) is 1.90. The monoisotopic (exact) mass is 454 g/mol. The van der Waals surface area contributed by atoms with Gasteiger partial charge in [0, 0.05) is 30.3 Å². The molecule has 0 bridgehead atoms. The van der Waals surface area contributed by atoms with Crippen molar-refractivity contribution in [2.45, 2.75) is 9.79 Å². The second-order valence-electron chi connectivity index (χ2n) is 5.12. The molecule has 0 aliphatic heterocycles. The second-order valence-corrected chi connectivity index (χ2v) is 9.74. The third-order valence-electron chi connectivity index (χ3n) is 3.12. The Morgan fingerprint density at radius 1 is 1.00 bits per heavy atom. The highest BCUT2D eigenvalue weighted by Gasteiger charge is 2.24. The minimum Gasteiger partial charge on any atom is -0.280 e. The van der Waals surface area contributed by atoms with E-state index in [0.29, 0.717) is 6.07 Å². The molecule has 136 valence electrons. The van der Waals surface area contributed by atoms with E-state index in [1.807, 2.05) is 0 Å². The molecule has 6 nitrogen and oxygen atoms in total. The van der Waals surface area contributed by atoms with Crippen molar-refractivity contribution in [3.63, 3.8) is 0 Å². The van der Waals surface area contributed by atoms with Crippen LogP contribution in [0.3, 0.4) is 0 Å². The van der Waals surface area contributed by atoms with Crippen LogP contribution in [0.5, 0.6) is 0 Å². The molecule has 11 heteroatoms. The number of anilines is 1. The van der Waals surface area contributed by atoms with Crippen LogP contribution in [0.1, 0.15) is 0 Å². The Morgan fingerprint density at radius 3 is 2.04 bits per heavy atom. The Hall–Kier alpha value is -1.56.